The minimum Gasteiger partial charge on any atom is -0.477 e. The average Bonchev–Trinajstić information content (AvgIpc) is 3.12. The van der Waals surface area contributed by atoms with Crippen LogP contribution in [0.15, 0.2) is 85.1 Å². The largest absolute Gasteiger partial charge is 0.477 e. The van der Waals surface area contributed by atoms with Crippen LogP contribution in [0.4, 0.5) is 0 Å². The Labute approximate surface area is 329 Å². The fraction of sp³-hybridized carbons (Fsp3) is 0.630. The molecule has 0 saturated heterocycles. The summed E-state index contributed by atoms with van der Waals surface area (Å²) >= 11 is 0. The molecule has 0 fully saturated rings. The molecule has 2 unspecified atom stereocenters. The molecule has 0 aromatic heterocycles. The smallest absolute Gasteiger partial charge is 0.362 e. The first kappa shape index (κ1) is 50.5. The van der Waals surface area contributed by atoms with Gasteiger partial charge in [-0.25, -0.2) is 4.79 Å². The summed E-state index contributed by atoms with van der Waals surface area (Å²) in [5.74, 6) is -1.56. The van der Waals surface area contributed by atoms with Gasteiger partial charge in [0.25, 0.3) is 0 Å². The van der Waals surface area contributed by atoms with Crippen LogP contribution >= 0.6 is 0 Å². The number of carboxylic acid groups (broad SMARTS) is 1. The van der Waals surface area contributed by atoms with Gasteiger partial charge in [0.15, 0.2) is 12.1 Å². The van der Waals surface area contributed by atoms with Crippen LogP contribution in [0.5, 0.6) is 0 Å². The van der Waals surface area contributed by atoms with E-state index >= 15 is 0 Å². The lowest BCUT2D eigenvalue weighted by Gasteiger charge is -2.31. The number of ether oxygens (including phenoxy) is 3. The Morgan fingerprint density at radius 3 is 1.74 bits per heavy atom. The molecule has 0 amide bonds. The van der Waals surface area contributed by atoms with E-state index in [1.165, 1.54) is 19.3 Å². The Hall–Kier alpha value is -3.49. The molecule has 0 spiro atoms. The molecule has 8 heteroatoms. The first-order valence-corrected chi connectivity index (χ1v) is 20.7. The number of unbranched alkanes of at least 4 members (excludes halogenated alkanes) is 10. The molecule has 2 atom stereocenters. The molecule has 0 aliphatic rings. The average molecular weight is 755 g/mol. The summed E-state index contributed by atoms with van der Waals surface area (Å²) in [6.07, 6.45) is 46.3. The van der Waals surface area contributed by atoms with E-state index in [0.29, 0.717) is 19.3 Å². The summed E-state index contributed by atoms with van der Waals surface area (Å²) in [7, 11) is 5.49. The van der Waals surface area contributed by atoms with E-state index in [0.717, 1.165) is 77.0 Å². The number of hydrogen-bond acceptors (Lipinski definition) is 6. The molecule has 0 aromatic carbocycles. The van der Waals surface area contributed by atoms with Gasteiger partial charge in [-0.05, 0) is 70.6 Å². The number of esters is 2. The van der Waals surface area contributed by atoms with Crippen molar-refractivity contribution in [1.82, 2.24) is 0 Å². The van der Waals surface area contributed by atoms with Crippen LogP contribution in [0, 0.1) is 0 Å². The van der Waals surface area contributed by atoms with Crippen molar-refractivity contribution < 1.29 is 38.2 Å². The minimum atomic E-state index is -0.890. The third kappa shape index (κ3) is 34.3. The van der Waals surface area contributed by atoms with Gasteiger partial charge in [-0.3, -0.25) is 9.59 Å². The topological polar surface area (TPSA) is 99.1 Å². The normalized spacial score (nSPS) is 13.9. The molecule has 0 rings (SSSR count). The molecule has 0 aliphatic heterocycles. The van der Waals surface area contributed by atoms with Crippen molar-refractivity contribution in [3.8, 4) is 0 Å². The first-order valence-electron chi connectivity index (χ1n) is 20.7. The van der Waals surface area contributed by atoms with E-state index in [2.05, 4.69) is 92.8 Å². The van der Waals surface area contributed by atoms with Gasteiger partial charge in [-0.2, -0.15) is 0 Å². The number of hydrogen-bond donors (Lipinski definition) is 1. The van der Waals surface area contributed by atoms with Crippen LogP contribution in [0.25, 0.3) is 0 Å². The van der Waals surface area contributed by atoms with Crippen molar-refractivity contribution in [2.75, 3.05) is 41.0 Å². The highest BCUT2D eigenvalue weighted by Crippen LogP contribution is 2.12. The van der Waals surface area contributed by atoms with Crippen LogP contribution in [0.3, 0.4) is 0 Å². The van der Waals surface area contributed by atoms with Crippen molar-refractivity contribution >= 4 is 17.9 Å². The zero-order valence-corrected chi connectivity index (χ0v) is 34.6. The second-order valence-corrected chi connectivity index (χ2v) is 14.6. The number of nitrogens with zero attached hydrogens (tertiary/aromatic N) is 1. The van der Waals surface area contributed by atoms with Crippen molar-refractivity contribution in [3.63, 3.8) is 0 Å². The summed E-state index contributed by atoms with van der Waals surface area (Å²) in [5.41, 5.74) is 0. The Morgan fingerprint density at radius 1 is 0.593 bits per heavy atom. The Morgan fingerprint density at radius 2 is 1.11 bits per heavy atom. The summed E-state index contributed by atoms with van der Waals surface area (Å²) in [5, 5.41) is 9.60. The van der Waals surface area contributed by atoms with E-state index in [1.54, 1.807) is 0 Å². The SMILES string of the molecule is CC/C=C/C/C=C/C/C=C/CCCCC(=O)OC(COCCC(C(=O)O)[N+](C)(C)C)COC(=O)CCCCCCC/C=C/C=C/C=C/C=C/CCCCC. The van der Waals surface area contributed by atoms with Gasteiger partial charge < -0.3 is 23.8 Å². The number of carboxylic acids is 1. The van der Waals surface area contributed by atoms with Crippen LogP contribution in [0.2, 0.25) is 0 Å². The highest BCUT2D eigenvalue weighted by Gasteiger charge is 2.31. The van der Waals surface area contributed by atoms with Crippen molar-refractivity contribution in [1.29, 1.82) is 0 Å². The molecule has 54 heavy (non-hydrogen) atoms. The second kappa shape index (κ2) is 36.5. The minimum absolute atomic E-state index is 0.0322. The van der Waals surface area contributed by atoms with Crippen LogP contribution in [0.1, 0.15) is 136 Å². The predicted octanol–water partition coefficient (Wildman–Crippen LogP) is 11.0. The van der Waals surface area contributed by atoms with E-state index in [9.17, 15) is 19.5 Å². The summed E-state index contributed by atoms with van der Waals surface area (Å²) in [4.78, 5) is 36.9. The molecular weight excluding hydrogens is 679 g/mol. The monoisotopic (exact) mass is 755 g/mol. The maximum Gasteiger partial charge on any atom is 0.362 e. The fourth-order valence-corrected chi connectivity index (χ4v) is 5.41. The summed E-state index contributed by atoms with van der Waals surface area (Å²) in [6, 6.07) is -0.629. The van der Waals surface area contributed by atoms with Gasteiger partial charge in [0, 0.05) is 19.3 Å². The number of carbonyl (C=O) groups is 3. The maximum absolute atomic E-state index is 12.7. The van der Waals surface area contributed by atoms with Gasteiger partial charge in [0.1, 0.15) is 6.61 Å². The third-order valence-corrected chi connectivity index (χ3v) is 8.62. The molecule has 0 aliphatic carbocycles. The Balaban J connectivity index is 4.48. The van der Waals surface area contributed by atoms with E-state index in [4.69, 9.17) is 14.2 Å². The molecule has 0 radical (unpaired) electrons. The lowest BCUT2D eigenvalue weighted by molar-refractivity contribution is -0.887. The molecule has 306 valence electrons. The Kier molecular flexibility index (Phi) is 34.1. The van der Waals surface area contributed by atoms with Crippen LogP contribution in [-0.4, -0.2) is 80.6 Å². The molecular formula is C46H76NO7+. The zero-order chi connectivity index (χ0) is 40.0. The predicted molar refractivity (Wildman–Crippen MR) is 224 cm³/mol. The Bertz CT molecular complexity index is 1160. The molecule has 8 nitrogen and oxygen atoms in total. The zero-order valence-electron chi connectivity index (χ0n) is 34.6. The quantitative estimate of drug-likeness (QED) is 0.0226. The highest BCUT2D eigenvalue weighted by molar-refractivity contribution is 5.72. The fourth-order valence-electron chi connectivity index (χ4n) is 5.41. The second-order valence-electron chi connectivity index (χ2n) is 14.6. The van der Waals surface area contributed by atoms with Gasteiger partial charge in [-0.15, -0.1) is 0 Å². The lowest BCUT2D eigenvalue weighted by atomic mass is 10.1. The molecule has 1 N–H and O–H groups in total. The number of quaternary nitrogens is 1. The van der Waals surface area contributed by atoms with Gasteiger partial charge in [0.2, 0.25) is 0 Å². The standard InChI is InChI=1S/C46H75NO7/c1-6-8-10-12-14-16-18-20-21-22-23-24-25-27-28-30-32-34-36-44(48)53-41-42(40-52-39-38-43(46(50)51)47(3,4)5)54-45(49)37-35-33-31-29-26-19-17-15-13-11-9-7-2/h9,11,14-18,20-24,26,29,42-43H,6-8,10,12-13,19,25,27-28,30-41H2,1-5H3/p+1/b11-9+,16-14+,17-15+,20-18+,22-21+,24-23+,29-26+. The maximum atomic E-state index is 12.7. The number of carbonyl (C=O) groups excluding carboxylic acids is 2. The first-order chi connectivity index (χ1) is 26.1. The van der Waals surface area contributed by atoms with Gasteiger partial charge in [-0.1, -0.05) is 131 Å². The molecule has 0 aromatic rings. The van der Waals surface area contributed by atoms with E-state index in [1.807, 2.05) is 27.2 Å². The van der Waals surface area contributed by atoms with Crippen LogP contribution in [-0.2, 0) is 28.6 Å². The number of likely N-dealkylation sites (N-methyl/N-ethyl adjacent to an activating group) is 1. The lowest BCUT2D eigenvalue weighted by Crippen LogP contribution is -2.50. The third-order valence-electron chi connectivity index (χ3n) is 8.62. The van der Waals surface area contributed by atoms with Gasteiger partial charge >= 0.3 is 17.9 Å². The van der Waals surface area contributed by atoms with E-state index in [-0.39, 0.29) is 42.7 Å². The van der Waals surface area contributed by atoms with Crippen molar-refractivity contribution in [2.24, 2.45) is 0 Å². The number of aliphatic carboxylic acids is 1. The van der Waals surface area contributed by atoms with Crippen molar-refractivity contribution in [2.45, 2.75) is 148 Å². The van der Waals surface area contributed by atoms with E-state index < -0.39 is 18.1 Å². The summed E-state index contributed by atoms with van der Waals surface area (Å²) < 4.78 is 17.2. The highest BCUT2D eigenvalue weighted by atomic mass is 16.6. The molecule has 0 heterocycles. The summed E-state index contributed by atoms with van der Waals surface area (Å²) in [6.45, 7) is 4.48. The van der Waals surface area contributed by atoms with Crippen LogP contribution < -0.4 is 0 Å². The van der Waals surface area contributed by atoms with Crippen molar-refractivity contribution in [3.05, 3.63) is 85.1 Å². The number of rotatable bonds is 35. The molecule has 0 saturated carbocycles. The van der Waals surface area contributed by atoms with Gasteiger partial charge in [0.05, 0.1) is 34.4 Å². The number of allylic oxidation sites excluding steroid dienone is 14. The molecule has 0 bridgehead atoms.